The first kappa shape index (κ1) is 17.2. The van der Waals surface area contributed by atoms with E-state index in [2.05, 4.69) is 25.9 Å². The fourth-order valence-electron chi connectivity index (χ4n) is 1.63. The van der Waals surface area contributed by atoms with Crippen molar-refractivity contribution in [2.24, 2.45) is 4.99 Å². The van der Waals surface area contributed by atoms with Crippen LogP contribution in [0.1, 0.15) is 19.4 Å². The number of carbonyl (C=O) groups excluding carboxylic acids is 1. The molecule has 0 aliphatic rings. The van der Waals surface area contributed by atoms with Gasteiger partial charge in [0.05, 0.1) is 0 Å². The van der Waals surface area contributed by atoms with Crippen molar-refractivity contribution in [3.05, 3.63) is 29.0 Å². The van der Waals surface area contributed by atoms with Crippen LogP contribution in [0.5, 0.6) is 0 Å². The maximum Gasteiger partial charge on any atom is 0.241 e. The number of pyridine rings is 1. The standard InChI is InChI=1S/C14H22ClN5O/c1-3-16-13(21)10-20-14(17-4-2)18-8-7-11-5-6-12(15)19-9-11/h5-6,9H,3-4,7-8,10H2,1-2H3,(H,16,21)(H2,17,18,20). The number of aromatic nitrogens is 1. The average molecular weight is 312 g/mol. The lowest BCUT2D eigenvalue weighted by Crippen LogP contribution is -2.39. The maximum atomic E-state index is 11.4. The van der Waals surface area contributed by atoms with Crippen LogP contribution in [-0.2, 0) is 11.2 Å². The average Bonchev–Trinajstić information content (AvgIpc) is 2.47. The van der Waals surface area contributed by atoms with E-state index in [0.717, 1.165) is 18.5 Å². The topological polar surface area (TPSA) is 78.4 Å². The molecule has 7 heteroatoms. The third-order valence-electron chi connectivity index (χ3n) is 2.59. The fourth-order valence-corrected chi connectivity index (χ4v) is 1.74. The van der Waals surface area contributed by atoms with Gasteiger partial charge in [0.15, 0.2) is 5.96 Å². The molecule has 0 fully saturated rings. The zero-order valence-corrected chi connectivity index (χ0v) is 13.2. The molecular weight excluding hydrogens is 290 g/mol. The lowest BCUT2D eigenvalue weighted by atomic mass is 10.2. The molecule has 0 unspecified atom stereocenters. The number of guanidine groups is 1. The minimum absolute atomic E-state index is 0.0865. The van der Waals surface area contributed by atoms with Crippen molar-refractivity contribution in [3.8, 4) is 0 Å². The minimum Gasteiger partial charge on any atom is -0.357 e. The summed E-state index contributed by atoms with van der Waals surface area (Å²) in [6, 6.07) is 3.71. The van der Waals surface area contributed by atoms with Crippen LogP contribution in [0, 0.1) is 0 Å². The maximum absolute atomic E-state index is 11.4. The van der Waals surface area contributed by atoms with Crippen LogP contribution < -0.4 is 16.0 Å². The Kier molecular flexibility index (Phi) is 8.19. The van der Waals surface area contributed by atoms with Gasteiger partial charge in [0, 0.05) is 25.8 Å². The molecule has 6 nitrogen and oxygen atoms in total. The van der Waals surface area contributed by atoms with E-state index in [-0.39, 0.29) is 12.5 Å². The number of likely N-dealkylation sites (N-methyl/N-ethyl adjacent to an activating group) is 1. The zero-order chi connectivity index (χ0) is 15.5. The Bertz CT molecular complexity index is 461. The molecule has 0 radical (unpaired) electrons. The van der Waals surface area contributed by atoms with Gasteiger partial charge in [-0.1, -0.05) is 17.7 Å². The van der Waals surface area contributed by atoms with Gasteiger partial charge < -0.3 is 16.0 Å². The minimum atomic E-state index is -0.0865. The van der Waals surface area contributed by atoms with Crippen LogP contribution in [0.2, 0.25) is 5.15 Å². The van der Waals surface area contributed by atoms with Crippen LogP contribution in [0.15, 0.2) is 23.3 Å². The molecule has 0 aliphatic carbocycles. The summed E-state index contributed by atoms with van der Waals surface area (Å²) in [6.07, 6.45) is 2.55. The van der Waals surface area contributed by atoms with Crippen LogP contribution in [0.3, 0.4) is 0 Å². The number of carbonyl (C=O) groups is 1. The van der Waals surface area contributed by atoms with Crippen molar-refractivity contribution < 1.29 is 4.79 Å². The first-order chi connectivity index (χ1) is 10.2. The van der Waals surface area contributed by atoms with Crippen LogP contribution in [-0.4, -0.2) is 43.0 Å². The highest BCUT2D eigenvalue weighted by atomic mass is 35.5. The summed E-state index contributed by atoms with van der Waals surface area (Å²) in [5, 5.41) is 9.47. The molecule has 116 valence electrons. The number of amides is 1. The molecule has 0 aliphatic heterocycles. The van der Waals surface area contributed by atoms with Crippen molar-refractivity contribution in [2.45, 2.75) is 20.3 Å². The first-order valence-electron chi connectivity index (χ1n) is 7.05. The number of nitrogens with zero attached hydrogens (tertiary/aromatic N) is 2. The van der Waals surface area contributed by atoms with Crippen molar-refractivity contribution in [1.29, 1.82) is 0 Å². The Morgan fingerprint density at radius 1 is 1.24 bits per heavy atom. The van der Waals surface area contributed by atoms with Gasteiger partial charge in [-0.25, -0.2) is 9.98 Å². The van der Waals surface area contributed by atoms with Gasteiger partial charge in [0.2, 0.25) is 5.91 Å². The van der Waals surface area contributed by atoms with Gasteiger partial charge >= 0.3 is 0 Å². The van der Waals surface area contributed by atoms with E-state index in [4.69, 9.17) is 11.6 Å². The summed E-state index contributed by atoms with van der Waals surface area (Å²) in [6.45, 7) is 6.03. The summed E-state index contributed by atoms with van der Waals surface area (Å²) in [5.74, 6) is 0.544. The Labute approximate surface area is 130 Å². The summed E-state index contributed by atoms with van der Waals surface area (Å²) in [5.41, 5.74) is 1.09. The van der Waals surface area contributed by atoms with E-state index in [1.54, 1.807) is 12.3 Å². The van der Waals surface area contributed by atoms with E-state index in [1.165, 1.54) is 0 Å². The lowest BCUT2D eigenvalue weighted by molar-refractivity contribution is -0.119. The summed E-state index contributed by atoms with van der Waals surface area (Å²) in [4.78, 5) is 19.6. The van der Waals surface area contributed by atoms with Gasteiger partial charge in [-0.3, -0.25) is 4.79 Å². The largest absolute Gasteiger partial charge is 0.357 e. The fraction of sp³-hybridized carbons (Fsp3) is 0.500. The number of halogens is 1. The molecule has 0 aromatic carbocycles. The molecule has 1 aromatic rings. The van der Waals surface area contributed by atoms with Crippen LogP contribution >= 0.6 is 11.6 Å². The van der Waals surface area contributed by atoms with Gasteiger partial charge in [-0.05, 0) is 31.9 Å². The van der Waals surface area contributed by atoms with Crippen molar-refractivity contribution in [1.82, 2.24) is 20.9 Å². The molecule has 3 N–H and O–H groups in total. The SMILES string of the molecule is CCNC(=O)CN=C(NCC)NCCc1ccc(Cl)nc1. The molecule has 0 bridgehead atoms. The second kappa shape index (κ2) is 9.99. The quantitative estimate of drug-likeness (QED) is 0.398. The molecule has 1 heterocycles. The van der Waals surface area contributed by atoms with E-state index < -0.39 is 0 Å². The Morgan fingerprint density at radius 2 is 2.00 bits per heavy atom. The molecule has 0 atom stereocenters. The first-order valence-corrected chi connectivity index (χ1v) is 7.42. The van der Waals surface area contributed by atoms with E-state index in [0.29, 0.717) is 24.2 Å². The third-order valence-corrected chi connectivity index (χ3v) is 2.82. The molecule has 0 saturated carbocycles. The number of aliphatic imine (C=N–C) groups is 1. The van der Waals surface area contributed by atoms with Gasteiger partial charge in [0.25, 0.3) is 0 Å². The Morgan fingerprint density at radius 3 is 2.62 bits per heavy atom. The molecule has 0 saturated heterocycles. The van der Waals surface area contributed by atoms with Crippen molar-refractivity contribution in [3.63, 3.8) is 0 Å². The van der Waals surface area contributed by atoms with E-state index in [9.17, 15) is 4.79 Å². The van der Waals surface area contributed by atoms with Crippen LogP contribution in [0.4, 0.5) is 0 Å². The van der Waals surface area contributed by atoms with Crippen LogP contribution in [0.25, 0.3) is 0 Å². The number of nitrogens with one attached hydrogen (secondary N) is 3. The third kappa shape index (κ3) is 7.51. The monoisotopic (exact) mass is 311 g/mol. The Hall–Kier alpha value is -1.82. The normalized spacial score (nSPS) is 11.1. The molecule has 1 aromatic heterocycles. The van der Waals surface area contributed by atoms with Gasteiger partial charge in [0.1, 0.15) is 11.7 Å². The number of rotatable bonds is 7. The second-order valence-corrected chi connectivity index (χ2v) is 4.70. The lowest BCUT2D eigenvalue weighted by Gasteiger charge is -2.11. The van der Waals surface area contributed by atoms with Crippen molar-refractivity contribution >= 4 is 23.5 Å². The number of hydrogen-bond acceptors (Lipinski definition) is 3. The van der Waals surface area contributed by atoms with Crippen molar-refractivity contribution in [2.75, 3.05) is 26.2 Å². The number of hydrogen-bond donors (Lipinski definition) is 3. The zero-order valence-electron chi connectivity index (χ0n) is 12.4. The summed E-state index contributed by atoms with van der Waals surface area (Å²) < 4.78 is 0. The molecular formula is C14H22ClN5O. The second-order valence-electron chi connectivity index (χ2n) is 4.31. The highest BCUT2D eigenvalue weighted by Crippen LogP contribution is 2.05. The predicted molar refractivity (Wildman–Crippen MR) is 85.6 cm³/mol. The predicted octanol–water partition coefficient (Wildman–Crippen LogP) is 0.969. The smallest absolute Gasteiger partial charge is 0.241 e. The Balaban J connectivity index is 2.41. The molecule has 0 spiro atoms. The van der Waals surface area contributed by atoms with Gasteiger partial charge in [-0.15, -0.1) is 0 Å². The summed E-state index contributed by atoms with van der Waals surface area (Å²) in [7, 11) is 0. The molecule has 1 amide bonds. The van der Waals surface area contributed by atoms with E-state index >= 15 is 0 Å². The van der Waals surface area contributed by atoms with E-state index in [1.807, 2.05) is 19.9 Å². The highest BCUT2D eigenvalue weighted by molar-refractivity contribution is 6.29. The molecule has 21 heavy (non-hydrogen) atoms. The molecule has 1 rings (SSSR count). The summed E-state index contributed by atoms with van der Waals surface area (Å²) >= 11 is 5.74. The van der Waals surface area contributed by atoms with Gasteiger partial charge in [-0.2, -0.15) is 0 Å². The highest BCUT2D eigenvalue weighted by Gasteiger charge is 2.01.